The maximum atomic E-state index is 5.58. The minimum absolute atomic E-state index is 0.296. The van der Waals surface area contributed by atoms with Gasteiger partial charge in [0.15, 0.2) is 0 Å². The number of nitrogens with one attached hydrogen (secondary N) is 1. The fourth-order valence-corrected chi connectivity index (χ4v) is 1.69. The Labute approximate surface area is 112 Å². The van der Waals surface area contributed by atoms with Crippen LogP contribution >= 0.6 is 0 Å². The van der Waals surface area contributed by atoms with Crippen molar-refractivity contribution in [1.29, 1.82) is 0 Å². The molecule has 102 valence electrons. The van der Waals surface area contributed by atoms with Gasteiger partial charge < -0.3 is 10.1 Å². The molecule has 0 aromatic heterocycles. The van der Waals surface area contributed by atoms with Crippen molar-refractivity contribution in [3.8, 4) is 0 Å². The summed E-state index contributed by atoms with van der Waals surface area (Å²) < 4.78 is 5.58. The van der Waals surface area contributed by atoms with Gasteiger partial charge in [-0.05, 0) is 50.4 Å². The van der Waals surface area contributed by atoms with Gasteiger partial charge in [0.1, 0.15) is 0 Å². The Morgan fingerprint density at radius 3 is 2.17 bits per heavy atom. The zero-order chi connectivity index (χ0) is 13.4. The van der Waals surface area contributed by atoms with Crippen LogP contribution in [0.1, 0.15) is 38.8 Å². The predicted molar refractivity (Wildman–Crippen MR) is 77.8 cm³/mol. The molecule has 2 heteroatoms. The van der Waals surface area contributed by atoms with Crippen molar-refractivity contribution in [3.05, 3.63) is 35.4 Å². The summed E-state index contributed by atoms with van der Waals surface area (Å²) in [6.45, 7) is 11.5. The van der Waals surface area contributed by atoms with Gasteiger partial charge in [-0.25, -0.2) is 0 Å². The normalized spacial score (nSPS) is 11.4. The third-order valence-electron chi connectivity index (χ3n) is 2.75. The fourth-order valence-electron chi connectivity index (χ4n) is 1.69. The molecule has 0 spiro atoms. The molecule has 0 amide bonds. The van der Waals surface area contributed by atoms with Crippen LogP contribution in [0, 0.1) is 5.92 Å². The van der Waals surface area contributed by atoms with Crippen LogP contribution in [-0.4, -0.2) is 19.2 Å². The summed E-state index contributed by atoms with van der Waals surface area (Å²) in [5.41, 5.74) is 2.64. The number of benzene rings is 1. The van der Waals surface area contributed by atoms with E-state index in [-0.39, 0.29) is 0 Å². The van der Waals surface area contributed by atoms with Gasteiger partial charge >= 0.3 is 0 Å². The van der Waals surface area contributed by atoms with Crippen molar-refractivity contribution in [2.45, 2.75) is 46.8 Å². The van der Waals surface area contributed by atoms with Gasteiger partial charge in [0.25, 0.3) is 0 Å². The van der Waals surface area contributed by atoms with E-state index in [1.54, 1.807) is 0 Å². The first-order valence-corrected chi connectivity index (χ1v) is 6.98. The molecule has 1 N–H and O–H groups in total. The van der Waals surface area contributed by atoms with Crippen molar-refractivity contribution in [3.63, 3.8) is 0 Å². The quantitative estimate of drug-likeness (QED) is 0.713. The molecule has 0 aliphatic rings. The Balaban J connectivity index is 2.27. The lowest BCUT2D eigenvalue weighted by Crippen LogP contribution is -2.22. The molecule has 0 fully saturated rings. The van der Waals surface area contributed by atoms with Gasteiger partial charge in [0.05, 0.1) is 12.7 Å². The van der Waals surface area contributed by atoms with Gasteiger partial charge in [-0.15, -0.1) is 0 Å². The molecule has 0 radical (unpaired) electrons. The number of hydrogen-bond donors (Lipinski definition) is 1. The number of hydrogen-bond acceptors (Lipinski definition) is 2. The van der Waals surface area contributed by atoms with Crippen molar-refractivity contribution < 1.29 is 4.74 Å². The summed E-state index contributed by atoms with van der Waals surface area (Å²) in [5, 5.41) is 3.46. The molecule has 0 unspecified atom stereocenters. The molecule has 0 aliphatic heterocycles. The van der Waals surface area contributed by atoms with Crippen LogP contribution in [0.15, 0.2) is 24.3 Å². The van der Waals surface area contributed by atoms with E-state index >= 15 is 0 Å². The Bertz CT molecular complexity index is 316. The number of rotatable bonds is 8. The Kier molecular flexibility index (Phi) is 6.99. The fraction of sp³-hybridized carbons (Fsp3) is 0.625. The zero-order valence-corrected chi connectivity index (χ0v) is 12.2. The van der Waals surface area contributed by atoms with Crippen LogP contribution in [0.4, 0.5) is 0 Å². The molecular formula is C16H27NO. The summed E-state index contributed by atoms with van der Waals surface area (Å²) >= 11 is 0. The van der Waals surface area contributed by atoms with Crippen molar-refractivity contribution in [2.75, 3.05) is 13.1 Å². The van der Waals surface area contributed by atoms with Crippen molar-refractivity contribution in [2.24, 2.45) is 5.92 Å². The lowest BCUT2D eigenvalue weighted by atomic mass is 10.1. The van der Waals surface area contributed by atoms with E-state index in [4.69, 9.17) is 4.74 Å². The van der Waals surface area contributed by atoms with Crippen LogP contribution in [0.2, 0.25) is 0 Å². The van der Waals surface area contributed by atoms with E-state index < -0.39 is 0 Å². The molecule has 1 rings (SSSR count). The maximum Gasteiger partial charge on any atom is 0.0720 e. The first-order chi connectivity index (χ1) is 8.58. The second-order valence-corrected chi connectivity index (χ2v) is 5.52. The summed E-state index contributed by atoms with van der Waals surface area (Å²) in [6, 6.07) is 8.74. The highest BCUT2D eigenvalue weighted by Gasteiger charge is 1.98. The summed E-state index contributed by atoms with van der Waals surface area (Å²) in [5.74, 6) is 0.723. The molecule has 0 bridgehead atoms. The first kappa shape index (κ1) is 15.2. The molecular weight excluding hydrogens is 222 g/mol. The molecule has 1 aromatic rings. The van der Waals surface area contributed by atoms with Gasteiger partial charge in [-0.1, -0.05) is 38.1 Å². The molecule has 0 saturated carbocycles. The predicted octanol–water partition coefficient (Wildman–Crippen LogP) is 3.40. The van der Waals surface area contributed by atoms with Crippen LogP contribution < -0.4 is 5.32 Å². The van der Waals surface area contributed by atoms with Crippen molar-refractivity contribution >= 4 is 0 Å². The number of ether oxygens (including phenoxy) is 1. The summed E-state index contributed by atoms with van der Waals surface area (Å²) in [6.07, 6.45) is 1.39. The van der Waals surface area contributed by atoms with Gasteiger partial charge in [-0.3, -0.25) is 0 Å². The lowest BCUT2D eigenvalue weighted by Gasteiger charge is -2.09. The van der Waals surface area contributed by atoms with Gasteiger partial charge in [-0.2, -0.15) is 0 Å². The maximum absolute atomic E-state index is 5.58. The van der Waals surface area contributed by atoms with E-state index in [1.807, 2.05) is 0 Å². The zero-order valence-electron chi connectivity index (χ0n) is 12.2. The first-order valence-electron chi connectivity index (χ1n) is 6.98. The van der Waals surface area contributed by atoms with E-state index in [0.29, 0.717) is 12.7 Å². The smallest absolute Gasteiger partial charge is 0.0720 e. The van der Waals surface area contributed by atoms with Crippen LogP contribution in [0.3, 0.4) is 0 Å². The topological polar surface area (TPSA) is 21.3 Å². The molecule has 0 heterocycles. The summed E-state index contributed by atoms with van der Waals surface area (Å²) in [4.78, 5) is 0. The lowest BCUT2D eigenvalue weighted by molar-refractivity contribution is 0.0657. The second-order valence-electron chi connectivity index (χ2n) is 5.52. The minimum atomic E-state index is 0.296. The van der Waals surface area contributed by atoms with Crippen molar-refractivity contribution in [1.82, 2.24) is 5.32 Å². The molecule has 1 aromatic carbocycles. The summed E-state index contributed by atoms with van der Waals surface area (Å²) in [7, 11) is 0. The second kappa shape index (κ2) is 8.28. The molecule has 0 aliphatic carbocycles. The highest BCUT2D eigenvalue weighted by atomic mass is 16.5. The van der Waals surface area contributed by atoms with Crippen LogP contribution in [-0.2, 0) is 17.8 Å². The van der Waals surface area contributed by atoms with E-state index in [0.717, 1.165) is 25.4 Å². The third-order valence-corrected chi connectivity index (χ3v) is 2.75. The van der Waals surface area contributed by atoms with E-state index in [1.165, 1.54) is 11.1 Å². The Morgan fingerprint density at radius 2 is 1.61 bits per heavy atom. The standard InChI is InChI=1S/C16H27NO/c1-13(2)11-17-10-9-15-5-7-16(8-6-15)12-18-14(3)4/h5-8,13-14,17H,9-12H2,1-4H3. The molecule has 18 heavy (non-hydrogen) atoms. The van der Waals surface area contributed by atoms with Crippen LogP contribution in [0.25, 0.3) is 0 Å². The molecule has 0 saturated heterocycles. The highest BCUT2D eigenvalue weighted by Crippen LogP contribution is 2.07. The largest absolute Gasteiger partial charge is 0.374 e. The van der Waals surface area contributed by atoms with E-state index in [9.17, 15) is 0 Å². The monoisotopic (exact) mass is 249 g/mol. The highest BCUT2D eigenvalue weighted by molar-refractivity contribution is 5.22. The molecule has 2 nitrogen and oxygen atoms in total. The minimum Gasteiger partial charge on any atom is -0.374 e. The Hall–Kier alpha value is -0.860. The average Bonchev–Trinajstić information content (AvgIpc) is 2.33. The SMILES string of the molecule is CC(C)CNCCc1ccc(COC(C)C)cc1. The Morgan fingerprint density at radius 1 is 1.00 bits per heavy atom. The van der Waals surface area contributed by atoms with Gasteiger partial charge in [0, 0.05) is 0 Å². The molecule has 0 atom stereocenters. The average molecular weight is 249 g/mol. The van der Waals surface area contributed by atoms with E-state index in [2.05, 4.69) is 57.3 Å². The third kappa shape index (κ3) is 6.77. The van der Waals surface area contributed by atoms with Crippen LogP contribution in [0.5, 0.6) is 0 Å². The van der Waals surface area contributed by atoms with Gasteiger partial charge in [0.2, 0.25) is 0 Å².